The highest BCUT2D eigenvalue weighted by molar-refractivity contribution is 5.12. The van der Waals surface area contributed by atoms with E-state index < -0.39 is 0 Å². The molecule has 1 rings (SSSR count). The largest absolute Gasteiger partial charge is 0.260 e. The molecule has 10 heavy (non-hydrogen) atoms. The van der Waals surface area contributed by atoms with E-state index in [1.807, 2.05) is 14.0 Å². The quantitative estimate of drug-likeness (QED) is 0.429. The van der Waals surface area contributed by atoms with Crippen LogP contribution in [-0.2, 0) is 0 Å². The van der Waals surface area contributed by atoms with Crippen LogP contribution in [0.2, 0.25) is 0 Å². The lowest BCUT2D eigenvalue weighted by Gasteiger charge is -2.03. The first-order valence-corrected chi connectivity index (χ1v) is 3.76. The van der Waals surface area contributed by atoms with Gasteiger partial charge in [-0.15, -0.1) is 0 Å². The van der Waals surface area contributed by atoms with Gasteiger partial charge in [0.15, 0.2) is 0 Å². The first-order valence-electron chi connectivity index (χ1n) is 3.76. The number of hydrazine groups is 1. The van der Waals surface area contributed by atoms with E-state index in [9.17, 15) is 0 Å². The predicted octanol–water partition coefficient (Wildman–Crippen LogP) is 0.512. The molecule has 0 bridgehead atoms. The van der Waals surface area contributed by atoms with Crippen molar-refractivity contribution in [3.8, 4) is 11.8 Å². The maximum Gasteiger partial charge on any atom is 0.0791 e. The Morgan fingerprint density at radius 2 is 2.20 bits per heavy atom. The molecule has 1 aliphatic rings. The fraction of sp³-hybridized carbons (Fsp3) is 0.750. The van der Waals surface area contributed by atoms with Crippen LogP contribution in [0.25, 0.3) is 0 Å². The molecule has 1 aliphatic carbocycles. The maximum absolute atomic E-state index is 3.19. The lowest BCUT2D eigenvalue weighted by molar-refractivity contribution is 0.562. The summed E-state index contributed by atoms with van der Waals surface area (Å²) < 4.78 is 0. The molecular weight excluding hydrogens is 124 g/mol. The third-order valence-electron chi connectivity index (χ3n) is 1.44. The SMILES string of the molecule is CNNC(C)C#CC1CC1. The van der Waals surface area contributed by atoms with E-state index in [4.69, 9.17) is 0 Å². The van der Waals surface area contributed by atoms with Crippen LogP contribution in [0.4, 0.5) is 0 Å². The van der Waals surface area contributed by atoms with Crippen LogP contribution in [0.1, 0.15) is 19.8 Å². The van der Waals surface area contributed by atoms with Crippen LogP contribution in [0.5, 0.6) is 0 Å². The zero-order valence-corrected chi connectivity index (χ0v) is 6.57. The number of hydrogen-bond donors (Lipinski definition) is 2. The van der Waals surface area contributed by atoms with Gasteiger partial charge in [-0.1, -0.05) is 11.8 Å². The third-order valence-corrected chi connectivity index (χ3v) is 1.44. The topological polar surface area (TPSA) is 24.1 Å². The van der Waals surface area contributed by atoms with Crippen molar-refractivity contribution in [2.45, 2.75) is 25.8 Å². The van der Waals surface area contributed by atoms with Gasteiger partial charge < -0.3 is 0 Å². The molecule has 56 valence electrons. The third kappa shape index (κ3) is 2.86. The van der Waals surface area contributed by atoms with Crippen LogP contribution in [0, 0.1) is 17.8 Å². The molecule has 1 atom stereocenters. The average molecular weight is 138 g/mol. The van der Waals surface area contributed by atoms with E-state index in [0.29, 0.717) is 5.92 Å². The van der Waals surface area contributed by atoms with Gasteiger partial charge >= 0.3 is 0 Å². The normalized spacial score (nSPS) is 19.4. The van der Waals surface area contributed by atoms with Crippen molar-refractivity contribution in [2.24, 2.45) is 5.92 Å². The van der Waals surface area contributed by atoms with Crippen molar-refractivity contribution in [1.29, 1.82) is 0 Å². The van der Waals surface area contributed by atoms with Crippen molar-refractivity contribution < 1.29 is 0 Å². The van der Waals surface area contributed by atoms with Gasteiger partial charge in [-0.2, -0.15) is 0 Å². The maximum atomic E-state index is 3.19. The summed E-state index contributed by atoms with van der Waals surface area (Å²) in [7, 11) is 1.86. The van der Waals surface area contributed by atoms with Crippen LogP contribution in [0.15, 0.2) is 0 Å². The lowest BCUT2D eigenvalue weighted by atomic mass is 10.3. The first-order chi connectivity index (χ1) is 4.83. The fourth-order valence-electron chi connectivity index (χ4n) is 0.723. The minimum absolute atomic E-state index is 0.269. The second-order valence-electron chi connectivity index (χ2n) is 2.68. The molecule has 0 radical (unpaired) electrons. The van der Waals surface area contributed by atoms with Gasteiger partial charge in [-0.3, -0.25) is 5.43 Å². The molecule has 1 saturated carbocycles. The van der Waals surface area contributed by atoms with Crippen molar-refractivity contribution in [3.63, 3.8) is 0 Å². The van der Waals surface area contributed by atoms with Crippen LogP contribution in [0.3, 0.4) is 0 Å². The summed E-state index contributed by atoms with van der Waals surface area (Å²) in [6.45, 7) is 2.05. The van der Waals surface area contributed by atoms with Gasteiger partial charge in [0.2, 0.25) is 0 Å². The van der Waals surface area contributed by atoms with E-state index in [1.165, 1.54) is 12.8 Å². The van der Waals surface area contributed by atoms with E-state index in [1.54, 1.807) is 0 Å². The van der Waals surface area contributed by atoms with E-state index in [0.717, 1.165) is 0 Å². The molecule has 0 saturated heterocycles. The molecule has 0 aromatic heterocycles. The van der Waals surface area contributed by atoms with Crippen molar-refractivity contribution >= 4 is 0 Å². The number of nitrogens with one attached hydrogen (secondary N) is 2. The monoisotopic (exact) mass is 138 g/mol. The summed E-state index contributed by atoms with van der Waals surface area (Å²) in [5, 5.41) is 0. The number of hydrogen-bond acceptors (Lipinski definition) is 2. The number of rotatable bonds is 2. The fourth-order valence-corrected chi connectivity index (χ4v) is 0.723. The van der Waals surface area contributed by atoms with Gasteiger partial charge in [0.25, 0.3) is 0 Å². The van der Waals surface area contributed by atoms with Crippen LogP contribution < -0.4 is 10.9 Å². The second kappa shape index (κ2) is 3.60. The Bertz CT molecular complexity index is 150. The van der Waals surface area contributed by atoms with Crippen LogP contribution >= 0.6 is 0 Å². The standard InChI is InChI=1S/C8H14N2/c1-7(10-9-2)3-4-8-5-6-8/h7-10H,5-6H2,1-2H3. The average Bonchev–Trinajstić information content (AvgIpc) is 2.67. The van der Waals surface area contributed by atoms with Gasteiger partial charge in [-0.25, -0.2) is 5.43 Å². The predicted molar refractivity (Wildman–Crippen MR) is 42.2 cm³/mol. The lowest BCUT2D eigenvalue weighted by Crippen LogP contribution is -2.35. The first kappa shape index (κ1) is 7.59. The minimum atomic E-state index is 0.269. The van der Waals surface area contributed by atoms with Gasteiger partial charge in [0.05, 0.1) is 6.04 Å². The smallest absolute Gasteiger partial charge is 0.0791 e. The zero-order chi connectivity index (χ0) is 7.40. The summed E-state index contributed by atoms with van der Waals surface area (Å²) in [6, 6.07) is 0.269. The summed E-state index contributed by atoms with van der Waals surface area (Å²) in [5.41, 5.74) is 5.86. The van der Waals surface area contributed by atoms with Crippen molar-refractivity contribution in [1.82, 2.24) is 10.9 Å². The summed E-state index contributed by atoms with van der Waals surface area (Å²) in [5.74, 6) is 7.02. The van der Waals surface area contributed by atoms with E-state index in [2.05, 4.69) is 22.7 Å². The summed E-state index contributed by atoms with van der Waals surface area (Å²) in [6.07, 6.45) is 2.61. The molecule has 0 amide bonds. The second-order valence-corrected chi connectivity index (χ2v) is 2.68. The zero-order valence-electron chi connectivity index (χ0n) is 6.57. The Balaban J connectivity index is 2.16. The Morgan fingerprint density at radius 1 is 1.50 bits per heavy atom. The highest BCUT2D eigenvalue weighted by Gasteiger charge is 2.17. The van der Waals surface area contributed by atoms with E-state index >= 15 is 0 Å². The van der Waals surface area contributed by atoms with Gasteiger partial charge in [0, 0.05) is 5.92 Å². The molecule has 2 N–H and O–H groups in total. The van der Waals surface area contributed by atoms with Crippen molar-refractivity contribution in [3.05, 3.63) is 0 Å². The molecule has 0 aromatic carbocycles. The molecule has 2 heteroatoms. The molecule has 0 aliphatic heterocycles. The molecule has 0 aromatic rings. The molecule has 1 fully saturated rings. The summed E-state index contributed by atoms with van der Waals surface area (Å²) >= 11 is 0. The Morgan fingerprint density at radius 3 is 2.70 bits per heavy atom. The van der Waals surface area contributed by atoms with Crippen LogP contribution in [-0.4, -0.2) is 13.1 Å². The highest BCUT2D eigenvalue weighted by atomic mass is 15.3. The summed E-state index contributed by atoms with van der Waals surface area (Å²) in [4.78, 5) is 0. The van der Waals surface area contributed by atoms with E-state index in [-0.39, 0.29) is 6.04 Å². The minimum Gasteiger partial charge on any atom is -0.260 e. The molecular formula is C8H14N2. The van der Waals surface area contributed by atoms with Gasteiger partial charge in [-0.05, 0) is 26.8 Å². The van der Waals surface area contributed by atoms with Crippen molar-refractivity contribution in [2.75, 3.05) is 7.05 Å². The molecule has 1 unspecified atom stereocenters. The molecule has 2 nitrogen and oxygen atoms in total. The Hall–Kier alpha value is -0.520. The Labute approximate surface area is 62.4 Å². The Kier molecular flexibility index (Phi) is 2.73. The molecule has 0 spiro atoms. The van der Waals surface area contributed by atoms with Gasteiger partial charge in [0.1, 0.15) is 0 Å². The highest BCUT2D eigenvalue weighted by Crippen LogP contribution is 2.27. The molecule has 0 heterocycles.